The lowest BCUT2D eigenvalue weighted by atomic mass is 9.86. The lowest BCUT2D eigenvalue weighted by molar-refractivity contribution is -0.169. The molecule has 2 fully saturated rings. The number of piperidine rings is 1. The van der Waals surface area contributed by atoms with Gasteiger partial charge in [0.05, 0.1) is 0 Å². The average molecular weight is 428 g/mol. The van der Waals surface area contributed by atoms with Crippen molar-refractivity contribution < 1.29 is 14.6 Å². The molecule has 3 unspecified atom stereocenters. The van der Waals surface area contributed by atoms with Gasteiger partial charge in [0.15, 0.2) is 0 Å². The minimum atomic E-state index is -1.83. The molecule has 0 aromatic heterocycles. The van der Waals surface area contributed by atoms with Crippen molar-refractivity contribution in [3.63, 3.8) is 0 Å². The predicted octanol–water partition coefficient (Wildman–Crippen LogP) is 4.69. The Hall–Kier alpha value is -2.95. The van der Waals surface area contributed by atoms with Gasteiger partial charge in [0.25, 0.3) is 0 Å². The number of carbonyl (C=O) groups excluding carboxylic acids is 1. The van der Waals surface area contributed by atoms with Gasteiger partial charge in [0, 0.05) is 24.5 Å². The van der Waals surface area contributed by atoms with E-state index < -0.39 is 11.6 Å². The number of carbonyl (C=O) groups is 1. The molecule has 2 aliphatic rings. The first kappa shape index (κ1) is 20.9. The molecule has 0 spiro atoms. The smallest absolute Gasteiger partial charge is 0.348 e. The Balaban J connectivity index is 1.41. The number of likely N-dealkylation sites (tertiary alicyclic amines) is 1. The van der Waals surface area contributed by atoms with Crippen molar-refractivity contribution in [1.82, 2.24) is 4.90 Å². The lowest BCUT2D eigenvalue weighted by Crippen LogP contribution is -2.43. The van der Waals surface area contributed by atoms with Crippen LogP contribution >= 0.6 is 0 Å². The van der Waals surface area contributed by atoms with Crippen molar-refractivity contribution in [2.75, 3.05) is 6.54 Å². The largest absolute Gasteiger partial charge is 0.458 e. The molecule has 5 rings (SSSR count). The highest BCUT2D eigenvalue weighted by atomic mass is 16.6. The fraction of sp³-hybridized carbons (Fsp3) is 0.321. The molecule has 32 heavy (non-hydrogen) atoms. The normalized spacial score (nSPS) is 23.8. The van der Waals surface area contributed by atoms with Crippen LogP contribution in [-0.4, -0.2) is 34.7 Å². The molecule has 4 atom stereocenters. The van der Waals surface area contributed by atoms with Crippen LogP contribution in [0, 0.1) is 5.92 Å². The van der Waals surface area contributed by atoms with E-state index in [1.54, 1.807) is 24.3 Å². The molecule has 2 bridgehead atoms. The highest BCUT2D eigenvalue weighted by molar-refractivity contribution is 5.85. The second-order valence-corrected chi connectivity index (χ2v) is 9.00. The summed E-state index contributed by atoms with van der Waals surface area (Å²) in [5, 5.41) is 11.7. The molecule has 4 nitrogen and oxygen atoms in total. The predicted molar refractivity (Wildman–Crippen MR) is 124 cm³/mol. The van der Waals surface area contributed by atoms with Crippen LogP contribution < -0.4 is 0 Å². The third-order valence-corrected chi connectivity index (χ3v) is 7.25. The fourth-order valence-corrected chi connectivity index (χ4v) is 5.50. The van der Waals surface area contributed by atoms with E-state index in [1.165, 1.54) is 5.56 Å². The van der Waals surface area contributed by atoms with Gasteiger partial charge >= 0.3 is 5.97 Å². The van der Waals surface area contributed by atoms with Crippen molar-refractivity contribution in [3.8, 4) is 0 Å². The summed E-state index contributed by atoms with van der Waals surface area (Å²) >= 11 is 0. The molecule has 3 aromatic carbocycles. The van der Waals surface area contributed by atoms with E-state index in [2.05, 4.69) is 36.1 Å². The van der Waals surface area contributed by atoms with E-state index in [9.17, 15) is 9.90 Å². The molecule has 0 amide bonds. The number of aliphatic hydroxyl groups is 1. The van der Waals surface area contributed by atoms with Gasteiger partial charge in [0.1, 0.15) is 6.10 Å². The molecule has 3 aromatic rings. The number of nitrogens with zero attached hydrogens (tertiary/aromatic N) is 1. The number of hydrogen-bond acceptors (Lipinski definition) is 4. The second-order valence-electron chi connectivity index (χ2n) is 9.00. The SMILES string of the molecule is C[C@@H](c1ccccc1)N1CC2CCC1C2OC(=O)C(O)(c1ccccc1)c1ccccc1. The zero-order valence-corrected chi connectivity index (χ0v) is 18.3. The maximum absolute atomic E-state index is 13.6. The Labute approximate surface area is 189 Å². The monoisotopic (exact) mass is 427 g/mol. The minimum Gasteiger partial charge on any atom is -0.458 e. The van der Waals surface area contributed by atoms with E-state index >= 15 is 0 Å². The lowest BCUT2D eigenvalue weighted by Gasteiger charge is -2.33. The highest BCUT2D eigenvalue weighted by Gasteiger charge is 2.53. The molecule has 1 aliphatic heterocycles. The van der Waals surface area contributed by atoms with Crippen molar-refractivity contribution in [2.45, 2.75) is 43.6 Å². The summed E-state index contributed by atoms with van der Waals surface area (Å²) in [6.07, 6.45) is 1.86. The Morgan fingerprint density at radius 2 is 1.44 bits per heavy atom. The van der Waals surface area contributed by atoms with Gasteiger partial charge in [-0.2, -0.15) is 0 Å². The Morgan fingerprint density at radius 1 is 0.906 bits per heavy atom. The number of esters is 1. The molecular formula is C28H29NO3. The molecule has 0 radical (unpaired) electrons. The third-order valence-electron chi connectivity index (χ3n) is 7.25. The van der Waals surface area contributed by atoms with Gasteiger partial charge in [-0.05, 0) is 36.5 Å². The van der Waals surface area contributed by atoms with Crippen molar-refractivity contribution in [3.05, 3.63) is 108 Å². The fourth-order valence-electron chi connectivity index (χ4n) is 5.50. The van der Waals surface area contributed by atoms with Gasteiger partial charge in [0.2, 0.25) is 5.60 Å². The van der Waals surface area contributed by atoms with Crippen LogP contribution in [0.3, 0.4) is 0 Å². The maximum Gasteiger partial charge on any atom is 0.348 e. The van der Waals surface area contributed by atoms with E-state index in [0.717, 1.165) is 19.4 Å². The van der Waals surface area contributed by atoms with Crippen molar-refractivity contribution in [1.29, 1.82) is 0 Å². The molecule has 4 heteroatoms. The standard InChI is InChI=1S/C28H29NO3/c1-20(21-11-5-2-6-12-21)29-19-22-17-18-25(29)26(22)32-27(30)28(31,23-13-7-3-8-14-23)24-15-9-4-10-16-24/h2-16,20,22,25-26,31H,17-19H2,1H3/t20-,22?,25?,26?/m0/s1. The van der Waals surface area contributed by atoms with Crippen LogP contribution in [0.4, 0.5) is 0 Å². The number of ether oxygens (including phenoxy) is 1. The van der Waals surface area contributed by atoms with Gasteiger partial charge in [-0.1, -0.05) is 91.0 Å². The summed E-state index contributed by atoms with van der Waals surface area (Å²) in [5.41, 5.74) is 0.489. The highest BCUT2D eigenvalue weighted by Crippen LogP contribution is 2.45. The molecule has 1 aliphatic carbocycles. The molecule has 1 saturated heterocycles. The van der Waals surface area contributed by atoms with Crippen LogP contribution in [0.5, 0.6) is 0 Å². The molecule has 1 heterocycles. The summed E-state index contributed by atoms with van der Waals surface area (Å²) in [5.74, 6) is -0.295. The second kappa shape index (κ2) is 8.53. The van der Waals surface area contributed by atoms with Crippen molar-refractivity contribution >= 4 is 5.97 Å². The van der Waals surface area contributed by atoms with Crippen LogP contribution in [0.15, 0.2) is 91.0 Å². The number of rotatable bonds is 6. The molecule has 1 saturated carbocycles. The summed E-state index contributed by atoms with van der Waals surface area (Å²) in [6.45, 7) is 3.13. The first-order chi connectivity index (χ1) is 15.6. The molecule has 164 valence electrons. The Bertz CT molecular complexity index is 1010. The van der Waals surface area contributed by atoms with E-state index in [1.807, 2.05) is 42.5 Å². The topological polar surface area (TPSA) is 49.8 Å². The van der Waals surface area contributed by atoms with Crippen LogP contribution in [0.1, 0.15) is 42.5 Å². The summed E-state index contributed by atoms with van der Waals surface area (Å²) in [6, 6.07) is 29.1. The Morgan fingerprint density at radius 3 is 2.00 bits per heavy atom. The number of fused-ring (bicyclic) bond motifs is 2. The molecule has 1 N–H and O–H groups in total. The third kappa shape index (κ3) is 3.54. The minimum absolute atomic E-state index is 0.176. The zero-order valence-electron chi connectivity index (χ0n) is 18.3. The quantitative estimate of drug-likeness (QED) is 0.580. The van der Waals surface area contributed by atoms with Crippen LogP contribution in [0.2, 0.25) is 0 Å². The average Bonchev–Trinajstić information content (AvgIpc) is 3.41. The molecular weight excluding hydrogens is 398 g/mol. The summed E-state index contributed by atoms with van der Waals surface area (Å²) < 4.78 is 6.16. The van der Waals surface area contributed by atoms with E-state index in [4.69, 9.17) is 4.74 Å². The summed E-state index contributed by atoms with van der Waals surface area (Å²) in [7, 11) is 0. The first-order valence-corrected chi connectivity index (χ1v) is 11.4. The van der Waals surface area contributed by atoms with Crippen LogP contribution in [0.25, 0.3) is 0 Å². The van der Waals surface area contributed by atoms with Gasteiger partial charge < -0.3 is 9.84 Å². The van der Waals surface area contributed by atoms with Crippen LogP contribution in [-0.2, 0) is 15.1 Å². The van der Waals surface area contributed by atoms with Gasteiger partial charge in [-0.15, -0.1) is 0 Å². The zero-order chi connectivity index (χ0) is 22.1. The first-order valence-electron chi connectivity index (χ1n) is 11.4. The van der Waals surface area contributed by atoms with Gasteiger partial charge in [-0.3, -0.25) is 4.90 Å². The van der Waals surface area contributed by atoms with E-state index in [-0.39, 0.29) is 18.2 Å². The van der Waals surface area contributed by atoms with Crippen molar-refractivity contribution in [2.24, 2.45) is 5.92 Å². The van der Waals surface area contributed by atoms with E-state index in [0.29, 0.717) is 17.0 Å². The maximum atomic E-state index is 13.6. The summed E-state index contributed by atoms with van der Waals surface area (Å²) in [4.78, 5) is 16.1. The number of benzene rings is 3. The van der Waals surface area contributed by atoms with Gasteiger partial charge in [-0.25, -0.2) is 4.79 Å². The number of hydrogen-bond donors (Lipinski definition) is 1. The Kier molecular flexibility index (Phi) is 5.58.